The first-order valence-electron chi connectivity index (χ1n) is 7.59. The zero-order chi connectivity index (χ0) is 14.9. The molecule has 0 aliphatic heterocycles. The van der Waals surface area contributed by atoms with Gasteiger partial charge in [-0.25, -0.2) is 0 Å². The summed E-state index contributed by atoms with van der Waals surface area (Å²) in [5.74, 6) is 1.48. The molecule has 0 radical (unpaired) electrons. The number of halogens is 1. The molecule has 0 aliphatic rings. The Morgan fingerprint density at radius 2 is 1.91 bits per heavy atom. The predicted octanol–water partition coefficient (Wildman–Crippen LogP) is 2.45. The first-order valence-corrected chi connectivity index (χ1v) is 7.59. The van der Waals surface area contributed by atoms with Crippen molar-refractivity contribution in [3.05, 3.63) is 47.6 Å². The lowest BCUT2D eigenvalue weighted by molar-refractivity contribution is 0.233. The molecule has 0 atom stereocenters. The van der Waals surface area contributed by atoms with Gasteiger partial charge in [0.2, 0.25) is 5.89 Å². The molecule has 0 aliphatic carbocycles. The highest BCUT2D eigenvalue weighted by molar-refractivity contribution is 5.85. The normalized spacial score (nSPS) is 10.7. The molecule has 0 bridgehead atoms. The third kappa shape index (κ3) is 6.13. The van der Waals surface area contributed by atoms with Gasteiger partial charge >= 0.3 is 0 Å². The quantitative estimate of drug-likeness (QED) is 0.767. The van der Waals surface area contributed by atoms with Crippen molar-refractivity contribution in [1.29, 1.82) is 0 Å². The molecule has 2 N–H and O–H groups in total. The molecular formula is C16H25ClN4O. The molecule has 2 rings (SSSR count). The smallest absolute Gasteiger partial charge is 0.240 e. The van der Waals surface area contributed by atoms with Crippen LogP contribution in [0.3, 0.4) is 0 Å². The van der Waals surface area contributed by atoms with E-state index in [0.29, 0.717) is 19.0 Å². The van der Waals surface area contributed by atoms with E-state index in [9.17, 15) is 0 Å². The minimum absolute atomic E-state index is 0. The van der Waals surface area contributed by atoms with Crippen LogP contribution in [0.25, 0.3) is 0 Å². The summed E-state index contributed by atoms with van der Waals surface area (Å²) < 4.78 is 5.30. The van der Waals surface area contributed by atoms with Crippen molar-refractivity contribution in [3.8, 4) is 0 Å². The van der Waals surface area contributed by atoms with Crippen molar-refractivity contribution in [2.45, 2.75) is 32.7 Å². The Bertz CT molecular complexity index is 518. The number of hydrogen-bond acceptors (Lipinski definition) is 5. The van der Waals surface area contributed by atoms with Crippen molar-refractivity contribution in [3.63, 3.8) is 0 Å². The van der Waals surface area contributed by atoms with Crippen LogP contribution in [0.5, 0.6) is 0 Å². The number of nitrogens with two attached hydrogens (primary N) is 1. The first kappa shape index (κ1) is 18.6. The van der Waals surface area contributed by atoms with Crippen molar-refractivity contribution >= 4 is 12.4 Å². The van der Waals surface area contributed by atoms with E-state index in [0.717, 1.165) is 38.2 Å². The maximum Gasteiger partial charge on any atom is 0.240 e. The van der Waals surface area contributed by atoms with Gasteiger partial charge in [-0.05, 0) is 18.4 Å². The molecule has 1 aromatic carbocycles. The maximum atomic E-state index is 5.70. The van der Waals surface area contributed by atoms with Crippen molar-refractivity contribution in [2.24, 2.45) is 5.73 Å². The van der Waals surface area contributed by atoms with E-state index in [4.69, 9.17) is 10.3 Å². The summed E-state index contributed by atoms with van der Waals surface area (Å²) in [6.45, 7) is 5.17. The average Bonchev–Trinajstić information content (AvgIpc) is 2.94. The third-order valence-electron chi connectivity index (χ3n) is 3.35. The SMILES string of the molecule is CCCc1noc(CN(CCN)CCc2ccccc2)n1.Cl. The summed E-state index contributed by atoms with van der Waals surface area (Å²) in [6.07, 6.45) is 2.89. The molecule has 0 fully saturated rings. The Balaban J connectivity index is 0.00000242. The fraction of sp³-hybridized carbons (Fsp3) is 0.500. The minimum atomic E-state index is 0. The van der Waals surface area contributed by atoms with Gasteiger partial charge in [-0.1, -0.05) is 42.4 Å². The third-order valence-corrected chi connectivity index (χ3v) is 3.35. The largest absolute Gasteiger partial charge is 0.338 e. The molecule has 2 aromatic rings. The Hall–Kier alpha value is -1.43. The van der Waals surface area contributed by atoms with E-state index in [-0.39, 0.29) is 12.4 Å². The summed E-state index contributed by atoms with van der Waals surface area (Å²) in [6, 6.07) is 10.5. The van der Waals surface area contributed by atoms with Crippen molar-refractivity contribution < 1.29 is 4.52 Å². The average molecular weight is 325 g/mol. The Kier molecular flexibility index (Phi) is 8.74. The van der Waals surface area contributed by atoms with E-state index >= 15 is 0 Å². The fourth-order valence-electron chi connectivity index (χ4n) is 2.26. The molecule has 1 heterocycles. The molecular weight excluding hydrogens is 300 g/mol. The lowest BCUT2D eigenvalue weighted by Crippen LogP contribution is -2.31. The van der Waals surface area contributed by atoms with Gasteiger partial charge in [0, 0.05) is 26.1 Å². The predicted molar refractivity (Wildman–Crippen MR) is 90.0 cm³/mol. The summed E-state index contributed by atoms with van der Waals surface area (Å²) >= 11 is 0. The van der Waals surface area contributed by atoms with E-state index < -0.39 is 0 Å². The summed E-state index contributed by atoms with van der Waals surface area (Å²) in [5.41, 5.74) is 7.03. The van der Waals surface area contributed by atoms with E-state index in [2.05, 4.69) is 46.2 Å². The number of rotatable bonds is 9. The molecule has 122 valence electrons. The van der Waals surface area contributed by atoms with Gasteiger partial charge in [0.15, 0.2) is 5.82 Å². The van der Waals surface area contributed by atoms with Gasteiger partial charge in [-0.2, -0.15) is 4.98 Å². The van der Waals surface area contributed by atoms with Crippen LogP contribution in [-0.2, 0) is 19.4 Å². The van der Waals surface area contributed by atoms with Crippen LogP contribution in [0.2, 0.25) is 0 Å². The van der Waals surface area contributed by atoms with Crippen LogP contribution < -0.4 is 5.73 Å². The molecule has 1 aromatic heterocycles. The van der Waals surface area contributed by atoms with Crippen molar-refractivity contribution in [1.82, 2.24) is 15.0 Å². The number of benzene rings is 1. The number of hydrogen-bond donors (Lipinski definition) is 1. The second-order valence-corrected chi connectivity index (χ2v) is 5.15. The molecule has 5 nitrogen and oxygen atoms in total. The Morgan fingerprint density at radius 1 is 1.14 bits per heavy atom. The summed E-state index contributed by atoms with van der Waals surface area (Å²) in [7, 11) is 0. The number of aryl methyl sites for hydroxylation is 1. The van der Waals surface area contributed by atoms with Crippen LogP contribution in [0.1, 0.15) is 30.6 Å². The lowest BCUT2D eigenvalue weighted by Gasteiger charge is -2.19. The standard InChI is InChI=1S/C16H24N4O.ClH/c1-2-6-15-18-16(21-19-15)13-20(12-10-17)11-9-14-7-4-3-5-8-14;/h3-5,7-8H,2,6,9-13,17H2,1H3;1H. The van der Waals surface area contributed by atoms with Gasteiger partial charge in [0.05, 0.1) is 6.54 Å². The fourth-order valence-corrected chi connectivity index (χ4v) is 2.26. The number of aromatic nitrogens is 2. The second kappa shape index (κ2) is 10.3. The highest BCUT2D eigenvalue weighted by Crippen LogP contribution is 2.06. The van der Waals surface area contributed by atoms with Crippen LogP contribution >= 0.6 is 12.4 Å². The van der Waals surface area contributed by atoms with Gasteiger partial charge in [0.25, 0.3) is 0 Å². The van der Waals surface area contributed by atoms with Crippen LogP contribution in [0, 0.1) is 0 Å². The Morgan fingerprint density at radius 3 is 2.59 bits per heavy atom. The van der Waals surface area contributed by atoms with E-state index in [1.807, 2.05) is 6.07 Å². The van der Waals surface area contributed by atoms with Gasteiger partial charge in [-0.3, -0.25) is 4.90 Å². The maximum absolute atomic E-state index is 5.70. The summed E-state index contributed by atoms with van der Waals surface area (Å²) in [5, 5.41) is 3.99. The van der Waals surface area contributed by atoms with Gasteiger partial charge in [0.1, 0.15) is 0 Å². The minimum Gasteiger partial charge on any atom is -0.338 e. The highest BCUT2D eigenvalue weighted by atomic mass is 35.5. The molecule has 0 unspecified atom stereocenters. The van der Waals surface area contributed by atoms with Crippen LogP contribution in [0.15, 0.2) is 34.9 Å². The number of nitrogens with zero attached hydrogens (tertiary/aromatic N) is 3. The van der Waals surface area contributed by atoms with Gasteiger partial charge < -0.3 is 10.3 Å². The lowest BCUT2D eigenvalue weighted by atomic mass is 10.1. The van der Waals surface area contributed by atoms with E-state index in [1.165, 1.54) is 5.56 Å². The monoisotopic (exact) mass is 324 g/mol. The summed E-state index contributed by atoms with van der Waals surface area (Å²) in [4.78, 5) is 6.68. The molecule has 0 saturated carbocycles. The molecule has 6 heteroatoms. The van der Waals surface area contributed by atoms with E-state index in [1.54, 1.807) is 0 Å². The molecule has 0 saturated heterocycles. The molecule has 0 amide bonds. The zero-order valence-corrected chi connectivity index (χ0v) is 13.9. The van der Waals surface area contributed by atoms with Gasteiger partial charge in [-0.15, -0.1) is 12.4 Å². The zero-order valence-electron chi connectivity index (χ0n) is 13.1. The topological polar surface area (TPSA) is 68.2 Å². The molecule has 0 spiro atoms. The first-order chi connectivity index (χ1) is 10.3. The van der Waals surface area contributed by atoms with Crippen molar-refractivity contribution in [2.75, 3.05) is 19.6 Å². The highest BCUT2D eigenvalue weighted by Gasteiger charge is 2.11. The van der Waals surface area contributed by atoms with Crippen LogP contribution in [0.4, 0.5) is 0 Å². The second-order valence-electron chi connectivity index (χ2n) is 5.15. The molecule has 22 heavy (non-hydrogen) atoms. The van der Waals surface area contributed by atoms with Crippen LogP contribution in [-0.4, -0.2) is 34.7 Å². The Labute approximate surface area is 138 Å².